The summed E-state index contributed by atoms with van der Waals surface area (Å²) in [7, 11) is 0. The first kappa shape index (κ1) is 15.1. The van der Waals surface area contributed by atoms with Crippen molar-refractivity contribution in [2.45, 2.75) is 38.8 Å². The lowest BCUT2D eigenvalue weighted by atomic mass is 10.2. The van der Waals surface area contributed by atoms with Crippen molar-refractivity contribution in [3.05, 3.63) is 36.5 Å². The summed E-state index contributed by atoms with van der Waals surface area (Å²) in [5.41, 5.74) is 1.20. The molecule has 3 rings (SSSR count). The van der Waals surface area contributed by atoms with Crippen LogP contribution in [0.25, 0.3) is 10.9 Å². The van der Waals surface area contributed by atoms with Gasteiger partial charge in [0.2, 0.25) is 5.91 Å². The Morgan fingerprint density at radius 1 is 1.32 bits per heavy atom. The molecule has 4 nitrogen and oxygen atoms in total. The molecule has 2 heterocycles. The van der Waals surface area contributed by atoms with Crippen LogP contribution >= 0.6 is 0 Å². The van der Waals surface area contributed by atoms with Gasteiger partial charge in [-0.25, -0.2) is 0 Å². The van der Waals surface area contributed by atoms with Crippen LogP contribution in [0, 0.1) is 0 Å². The highest BCUT2D eigenvalue weighted by molar-refractivity contribution is 5.80. The van der Waals surface area contributed by atoms with Gasteiger partial charge >= 0.3 is 0 Å². The number of carbonyl (C=O) groups excluding carboxylic acids is 1. The quantitative estimate of drug-likeness (QED) is 0.890. The van der Waals surface area contributed by atoms with Crippen molar-refractivity contribution in [2.75, 3.05) is 19.6 Å². The van der Waals surface area contributed by atoms with Crippen LogP contribution in [0.4, 0.5) is 0 Å². The van der Waals surface area contributed by atoms with Gasteiger partial charge in [0.15, 0.2) is 0 Å². The van der Waals surface area contributed by atoms with Crippen molar-refractivity contribution < 1.29 is 4.79 Å². The van der Waals surface area contributed by atoms with Crippen molar-refractivity contribution in [1.29, 1.82) is 0 Å². The number of benzene rings is 1. The van der Waals surface area contributed by atoms with Gasteiger partial charge < -0.3 is 9.88 Å². The summed E-state index contributed by atoms with van der Waals surface area (Å²) >= 11 is 0. The monoisotopic (exact) mass is 299 g/mol. The topological polar surface area (TPSA) is 37.3 Å². The van der Waals surface area contributed by atoms with Gasteiger partial charge in [0.1, 0.15) is 0 Å². The Kier molecular flexibility index (Phi) is 4.78. The van der Waals surface area contributed by atoms with Crippen LogP contribution < -0.4 is 5.32 Å². The van der Waals surface area contributed by atoms with Crippen molar-refractivity contribution >= 4 is 16.8 Å². The molecule has 1 amide bonds. The maximum absolute atomic E-state index is 12.1. The third-order valence-electron chi connectivity index (χ3n) is 4.70. The molecule has 1 aliphatic rings. The lowest BCUT2D eigenvalue weighted by Crippen LogP contribution is -2.40. The molecule has 0 bridgehead atoms. The summed E-state index contributed by atoms with van der Waals surface area (Å²) in [4.78, 5) is 14.5. The summed E-state index contributed by atoms with van der Waals surface area (Å²) in [5, 5.41) is 4.33. The van der Waals surface area contributed by atoms with Crippen LogP contribution in [0.3, 0.4) is 0 Å². The maximum Gasteiger partial charge on any atom is 0.221 e. The molecule has 1 N–H and O–H groups in total. The number of para-hydroxylation sites is 1. The molecule has 118 valence electrons. The number of nitrogens with zero attached hydrogens (tertiary/aromatic N) is 2. The van der Waals surface area contributed by atoms with E-state index in [0.29, 0.717) is 12.5 Å². The van der Waals surface area contributed by atoms with Crippen molar-refractivity contribution in [3.8, 4) is 0 Å². The van der Waals surface area contributed by atoms with E-state index in [1.54, 1.807) is 0 Å². The highest BCUT2D eigenvalue weighted by atomic mass is 16.1. The Morgan fingerprint density at radius 2 is 2.18 bits per heavy atom. The number of amides is 1. The third kappa shape index (κ3) is 3.33. The lowest BCUT2D eigenvalue weighted by Gasteiger charge is -2.22. The zero-order valence-corrected chi connectivity index (χ0v) is 13.3. The van der Waals surface area contributed by atoms with Gasteiger partial charge in [0.05, 0.1) is 0 Å². The third-order valence-corrected chi connectivity index (χ3v) is 4.70. The molecule has 4 heteroatoms. The molecule has 1 saturated heterocycles. The van der Waals surface area contributed by atoms with Crippen LogP contribution in [0.5, 0.6) is 0 Å². The Morgan fingerprint density at radius 3 is 3.05 bits per heavy atom. The second-order valence-electron chi connectivity index (χ2n) is 6.05. The number of likely N-dealkylation sites (N-methyl/N-ethyl adjacent to an activating group) is 1. The molecule has 0 radical (unpaired) electrons. The normalized spacial score (nSPS) is 18.9. The fraction of sp³-hybridized carbons (Fsp3) is 0.500. The second kappa shape index (κ2) is 6.97. The molecule has 2 aromatic rings. The minimum absolute atomic E-state index is 0.153. The summed E-state index contributed by atoms with van der Waals surface area (Å²) in [6, 6.07) is 10.9. The summed E-state index contributed by atoms with van der Waals surface area (Å²) < 4.78 is 2.16. The molecule has 0 saturated carbocycles. The zero-order chi connectivity index (χ0) is 15.4. The first-order chi connectivity index (χ1) is 10.8. The fourth-order valence-corrected chi connectivity index (χ4v) is 3.42. The molecule has 1 aromatic carbocycles. The van der Waals surface area contributed by atoms with Crippen LogP contribution in [-0.4, -0.2) is 41.1 Å². The van der Waals surface area contributed by atoms with E-state index in [-0.39, 0.29) is 5.91 Å². The molecule has 1 atom stereocenters. The van der Waals surface area contributed by atoms with Gasteiger partial charge in [-0.05, 0) is 43.5 Å². The number of rotatable bonds is 6. The average molecular weight is 299 g/mol. The SMILES string of the molecule is CCN1CCC[C@H]1CNC(=O)CCn1ccc2ccccc21. The van der Waals surface area contributed by atoms with Crippen molar-refractivity contribution in [1.82, 2.24) is 14.8 Å². The van der Waals surface area contributed by atoms with Crippen molar-refractivity contribution in [2.24, 2.45) is 0 Å². The highest BCUT2D eigenvalue weighted by Gasteiger charge is 2.22. The van der Waals surface area contributed by atoms with Gasteiger partial charge in [-0.1, -0.05) is 25.1 Å². The van der Waals surface area contributed by atoms with Gasteiger partial charge in [0, 0.05) is 37.3 Å². The predicted octanol–water partition coefficient (Wildman–Crippen LogP) is 2.63. The Hall–Kier alpha value is -1.81. The number of likely N-dealkylation sites (tertiary alicyclic amines) is 1. The van der Waals surface area contributed by atoms with Gasteiger partial charge in [-0.15, -0.1) is 0 Å². The summed E-state index contributed by atoms with van der Waals surface area (Å²) in [6.07, 6.45) is 5.06. The van der Waals surface area contributed by atoms with E-state index < -0.39 is 0 Å². The summed E-state index contributed by atoms with van der Waals surface area (Å²) in [5.74, 6) is 0.153. The van der Waals surface area contributed by atoms with E-state index in [0.717, 1.165) is 19.6 Å². The minimum atomic E-state index is 0.153. The maximum atomic E-state index is 12.1. The van der Waals surface area contributed by atoms with Crippen molar-refractivity contribution in [3.63, 3.8) is 0 Å². The molecule has 1 fully saturated rings. The first-order valence-electron chi connectivity index (χ1n) is 8.32. The molecule has 22 heavy (non-hydrogen) atoms. The number of aromatic nitrogens is 1. The number of carbonyl (C=O) groups is 1. The second-order valence-corrected chi connectivity index (χ2v) is 6.05. The Balaban J connectivity index is 1.48. The van der Waals surface area contributed by atoms with E-state index in [4.69, 9.17) is 0 Å². The molecule has 1 aromatic heterocycles. The van der Waals surface area contributed by atoms with E-state index >= 15 is 0 Å². The number of hydrogen-bond donors (Lipinski definition) is 1. The lowest BCUT2D eigenvalue weighted by molar-refractivity contribution is -0.121. The number of nitrogens with one attached hydrogen (secondary N) is 1. The first-order valence-corrected chi connectivity index (χ1v) is 8.32. The molecule has 0 aliphatic carbocycles. The molecule has 0 unspecified atom stereocenters. The van der Waals surface area contributed by atoms with E-state index in [2.05, 4.69) is 46.1 Å². The van der Waals surface area contributed by atoms with Crippen LogP contribution in [0.15, 0.2) is 36.5 Å². The summed E-state index contributed by atoms with van der Waals surface area (Å²) in [6.45, 7) is 5.97. The highest BCUT2D eigenvalue weighted by Crippen LogP contribution is 2.16. The standard InChI is InChI=1S/C18H25N3O/c1-2-20-11-5-7-16(20)14-19-18(22)10-13-21-12-9-15-6-3-4-8-17(15)21/h3-4,6,8-9,12,16H,2,5,7,10-11,13-14H2,1H3,(H,19,22)/t16-/m0/s1. The zero-order valence-electron chi connectivity index (χ0n) is 13.3. The predicted molar refractivity (Wildman–Crippen MR) is 89.8 cm³/mol. The molecule has 1 aliphatic heterocycles. The number of hydrogen-bond acceptors (Lipinski definition) is 2. The van der Waals surface area contributed by atoms with Gasteiger partial charge in [0.25, 0.3) is 0 Å². The van der Waals surface area contributed by atoms with Crippen LogP contribution in [-0.2, 0) is 11.3 Å². The van der Waals surface area contributed by atoms with E-state index in [1.165, 1.54) is 30.3 Å². The van der Waals surface area contributed by atoms with E-state index in [1.807, 2.05) is 12.1 Å². The molecular weight excluding hydrogens is 274 g/mol. The molecular formula is C18H25N3O. The van der Waals surface area contributed by atoms with Gasteiger partial charge in [-0.3, -0.25) is 9.69 Å². The Labute approximate surface area is 132 Å². The Bertz CT molecular complexity index is 634. The number of aryl methyl sites for hydroxylation is 1. The fourth-order valence-electron chi connectivity index (χ4n) is 3.42. The van der Waals surface area contributed by atoms with E-state index in [9.17, 15) is 4.79 Å². The average Bonchev–Trinajstić information content (AvgIpc) is 3.17. The minimum Gasteiger partial charge on any atom is -0.354 e. The molecule has 0 spiro atoms. The number of fused-ring (bicyclic) bond motifs is 1. The smallest absolute Gasteiger partial charge is 0.221 e. The van der Waals surface area contributed by atoms with Gasteiger partial charge in [-0.2, -0.15) is 0 Å². The van der Waals surface area contributed by atoms with Crippen LogP contribution in [0.1, 0.15) is 26.2 Å². The largest absolute Gasteiger partial charge is 0.354 e. The van der Waals surface area contributed by atoms with Crippen LogP contribution in [0.2, 0.25) is 0 Å².